The summed E-state index contributed by atoms with van der Waals surface area (Å²) in [5.41, 5.74) is 1.27. The Hall–Kier alpha value is -0.610. The minimum atomic E-state index is -0.700. The molecule has 0 spiro atoms. The molecule has 0 amide bonds. The van der Waals surface area contributed by atoms with Crippen LogP contribution < -0.4 is 0 Å². The van der Waals surface area contributed by atoms with E-state index >= 15 is 0 Å². The summed E-state index contributed by atoms with van der Waals surface area (Å²) in [7, 11) is -1.40. The van der Waals surface area contributed by atoms with Crippen LogP contribution >= 0.6 is 20.1 Å². The van der Waals surface area contributed by atoms with Crippen molar-refractivity contribution in [1.82, 2.24) is 9.78 Å². The van der Waals surface area contributed by atoms with Crippen molar-refractivity contribution in [2.45, 2.75) is 4.71 Å². The van der Waals surface area contributed by atoms with Gasteiger partial charge in [0.25, 0.3) is 0 Å². The number of nitrogens with zero attached hydrogens (tertiary/aromatic N) is 2. The molecule has 1 heterocycles. The van der Waals surface area contributed by atoms with Crippen LogP contribution in [-0.4, -0.2) is 47.3 Å². The first-order chi connectivity index (χ1) is 8.21. The van der Waals surface area contributed by atoms with Gasteiger partial charge in [-0.2, -0.15) is 5.10 Å². The Morgan fingerprint density at radius 2 is 1.50 bits per heavy atom. The van der Waals surface area contributed by atoms with E-state index in [1.807, 2.05) is 6.20 Å². The molecule has 18 heavy (non-hydrogen) atoms. The number of benzene rings is 1. The zero-order valence-electron chi connectivity index (χ0n) is 12.2. The van der Waals surface area contributed by atoms with Gasteiger partial charge in [-0.3, -0.25) is 0 Å². The molecule has 1 aromatic heterocycles. The van der Waals surface area contributed by atoms with Gasteiger partial charge in [0.05, 0.1) is 11.7 Å². The second-order valence-electron chi connectivity index (χ2n) is 6.32. The van der Waals surface area contributed by atoms with Gasteiger partial charge in [-0.25, -0.2) is 24.7 Å². The fourth-order valence-corrected chi connectivity index (χ4v) is 11.1. The van der Waals surface area contributed by atoms with Crippen molar-refractivity contribution in [3.05, 3.63) is 30.5 Å². The highest BCUT2D eigenvalue weighted by Crippen LogP contribution is 2.66. The second-order valence-corrected chi connectivity index (χ2v) is 15.2. The lowest BCUT2D eigenvalue weighted by Crippen LogP contribution is -2.21. The Balaban J connectivity index is 2.63. The molecule has 0 aliphatic carbocycles. The molecule has 2 nitrogen and oxygen atoms in total. The molecule has 0 unspecified atom stereocenters. The summed E-state index contributed by atoms with van der Waals surface area (Å²) in [6, 6.07) is 8.52. The first kappa shape index (κ1) is 13.8. The van der Waals surface area contributed by atoms with Crippen molar-refractivity contribution in [2.24, 2.45) is 0 Å². The van der Waals surface area contributed by atoms with Gasteiger partial charge in [0.2, 0.25) is 0 Å². The van der Waals surface area contributed by atoms with Gasteiger partial charge in [0, 0.05) is 5.39 Å². The van der Waals surface area contributed by atoms with Gasteiger partial charge in [-0.15, -0.1) is 0 Å². The molecule has 0 radical (unpaired) electrons. The van der Waals surface area contributed by atoms with Crippen LogP contribution in [0.2, 0.25) is 0 Å². The van der Waals surface area contributed by atoms with E-state index in [0.717, 1.165) is 0 Å². The van der Waals surface area contributed by atoms with Gasteiger partial charge in [0.15, 0.2) is 0 Å². The molecule has 1 aromatic carbocycles. The smallest absolute Gasteiger partial charge is 0.112 e. The first-order valence-corrected chi connectivity index (χ1v) is 11.8. The fraction of sp³-hybridized carbons (Fsp3) is 0.500. The summed E-state index contributed by atoms with van der Waals surface area (Å²) in [6.07, 6.45) is 16.4. The lowest BCUT2D eigenvalue weighted by molar-refractivity contribution is 0.754. The van der Waals surface area contributed by atoms with E-state index in [0.29, 0.717) is 4.71 Å². The molecule has 0 aliphatic heterocycles. The summed E-state index contributed by atoms with van der Waals surface area (Å²) < 4.78 is 2.81. The number of rotatable bonds is 3. The standard InChI is InChI=1S/C14H24N2S2/c1-17(2,3)14(18(4,5)6)16-13-10-8-7-9-12(13)11-15-16/h7-11,14H,1-6H3. The Labute approximate surface area is 113 Å². The average molecular weight is 284 g/mol. The van der Waals surface area contributed by atoms with Crippen LogP contribution in [0.15, 0.2) is 30.5 Å². The summed E-state index contributed by atoms with van der Waals surface area (Å²) in [5, 5.41) is 5.93. The zero-order valence-corrected chi connectivity index (χ0v) is 13.8. The van der Waals surface area contributed by atoms with Crippen molar-refractivity contribution in [3.8, 4) is 0 Å². The van der Waals surface area contributed by atoms with Gasteiger partial charge in [0.1, 0.15) is 4.71 Å². The average Bonchev–Trinajstić information content (AvgIpc) is 2.58. The Bertz CT molecular complexity index is 533. The van der Waals surface area contributed by atoms with E-state index in [1.165, 1.54) is 10.9 Å². The third-order valence-electron chi connectivity index (χ3n) is 2.91. The molecular weight excluding hydrogens is 260 g/mol. The molecule has 0 saturated carbocycles. The summed E-state index contributed by atoms with van der Waals surface area (Å²) in [5.74, 6) is 0. The van der Waals surface area contributed by atoms with E-state index in [-0.39, 0.29) is 0 Å². The first-order valence-electron chi connectivity index (χ1n) is 5.98. The van der Waals surface area contributed by atoms with Gasteiger partial charge < -0.3 is 0 Å². The van der Waals surface area contributed by atoms with Crippen molar-refractivity contribution >= 4 is 31.0 Å². The van der Waals surface area contributed by atoms with Crippen LogP contribution in [-0.2, 0) is 0 Å². The highest BCUT2D eigenvalue weighted by molar-refractivity contribution is 8.47. The Morgan fingerprint density at radius 1 is 0.944 bits per heavy atom. The van der Waals surface area contributed by atoms with E-state index in [4.69, 9.17) is 0 Å². The SMILES string of the molecule is CS(C)(C)C(n1ncc2ccccc21)S(C)(C)C. The normalized spacial score (nSPS) is 15.3. The number of fused-ring (bicyclic) bond motifs is 1. The Kier molecular flexibility index (Phi) is 3.45. The second kappa shape index (κ2) is 4.49. The van der Waals surface area contributed by atoms with Gasteiger partial charge in [-0.1, -0.05) is 18.2 Å². The number of hydrogen-bond donors (Lipinski definition) is 0. The topological polar surface area (TPSA) is 17.8 Å². The van der Waals surface area contributed by atoms with Crippen molar-refractivity contribution in [2.75, 3.05) is 37.5 Å². The summed E-state index contributed by atoms with van der Waals surface area (Å²) in [6.45, 7) is 0. The zero-order chi connectivity index (χ0) is 13.6. The largest absolute Gasteiger partial charge is 0.245 e. The highest BCUT2D eigenvalue weighted by atomic mass is 32.3. The van der Waals surface area contributed by atoms with E-state index in [2.05, 4.69) is 71.6 Å². The van der Waals surface area contributed by atoms with Crippen LogP contribution in [0.3, 0.4) is 0 Å². The van der Waals surface area contributed by atoms with E-state index in [1.54, 1.807) is 0 Å². The maximum Gasteiger partial charge on any atom is 0.112 e. The summed E-state index contributed by atoms with van der Waals surface area (Å²) in [4.78, 5) is 0. The number of aromatic nitrogens is 2. The minimum Gasteiger partial charge on any atom is -0.245 e. The molecular formula is C14H24N2S2. The molecule has 4 heteroatoms. The molecule has 0 bridgehead atoms. The molecule has 0 fully saturated rings. The third-order valence-corrected chi connectivity index (χ3v) is 9.20. The minimum absolute atomic E-state index is 0.532. The van der Waals surface area contributed by atoms with Crippen LogP contribution in [0.5, 0.6) is 0 Å². The maximum atomic E-state index is 4.69. The highest BCUT2D eigenvalue weighted by Gasteiger charge is 2.31. The van der Waals surface area contributed by atoms with Crippen LogP contribution in [0.25, 0.3) is 10.9 Å². The maximum absolute atomic E-state index is 4.69. The Morgan fingerprint density at radius 3 is 2.06 bits per heavy atom. The monoisotopic (exact) mass is 284 g/mol. The lowest BCUT2D eigenvalue weighted by atomic mass is 10.3. The third kappa shape index (κ3) is 2.54. The fourth-order valence-electron chi connectivity index (χ4n) is 2.63. The molecule has 0 N–H and O–H groups in total. The molecule has 0 saturated heterocycles. The molecule has 2 rings (SSSR count). The molecule has 0 aliphatic rings. The van der Waals surface area contributed by atoms with Crippen LogP contribution in [0.1, 0.15) is 4.71 Å². The van der Waals surface area contributed by atoms with Crippen molar-refractivity contribution < 1.29 is 0 Å². The van der Waals surface area contributed by atoms with Crippen molar-refractivity contribution in [3.63, 3.8) is 0 Å². The number of para-hydroxylation sites is 1. The predicted octanol–water partition coefficient (Wildman–Crippen LogP) is 3.88. The quantitative estimate of drug-likeness (QED) is 0.836. The van der Waals surface area contributed by atoms with Crippen molar-refractivity contribution in [1.29, 1.82) is 0 Å². The van der Waals surface area contributed by atoms with E-state index < -0.39 is 20.1 Å². The molecule has 0 atom stereocenters. The molecule has 102 valence electrons. The van der Waals surface area contributed by atoms with Crippen LogP contribution in [0.4, 0.5) is 0 Å². The van der Waals surface area contributed by atoms with Gasteiger partial charge in [-0.05, 0) is 43.6 Å². The predicted molar refractivity (Wildman–Crippen MR) is 89.5 cm³/mol. The van der Waals surface area contributed by atoms with Gasteiger partial charge >= 0.3 is 0 Å². The van der Waals surface area contributed by atoms with Crippen LogP contribution in [0, 0.1) is 0 Å². The molecule has 2 aromatic rings. The van der Waals surface area contributed by atoms with E-state index in [9.17, 15) is 0 Å². The number of hydrogen-bond acceptors (Lipinski definition) is 1. The summed E-state index contributed by atoms with van der Waals surface area (Å²) >= 11 is 0. The lowest BCUT2D eigenvalue weighted by Gasteiger charge is -2.47.